The van der Waals surface area contributed by atoms with Gasteiger partial charge >= 0.3 is 0 Å². The van der Waals surface area contributed by atoms with Crippen molar-refractivity contribution in [1.82, 2.24) is 10.2 Å². The van der Waals surface area contributed by atoms with Crippen LogP contribution in [0, 0.1) is 0 Å². The highest BCUT2D eigenvalue weighted by molar-refractivity contribution is 5.85. The molecule has 2 heterocycles. The number of hydrogen-bond donors (Lipinski definition) is 1. The van der Waals surface area contributed by atoms with Crippen molar-refractivity contribution in [3.05, 3.63) is 0 Å². The van der Waals surface area contributed by atoms with E-state index < -0.39 is 0 Å². The molecule has 2 fully saturated rings. The summed E-state index contributed by atoms with van der Waals surface area (Å²) in [7, 11) is 0. The minimum Gasteiger partial charge on any atom is -0.315 e. The molecule has 0 aliphatic carbocycles. The molecule has 2 aliphatic rings. The standard InChI is InChI=1S/C10H18N2O.ClH/c13-10-2-1-6-12(7-4-10)9-3-5-11-8-9;/h9,11H,1-8H2;1H. The molecule has 0 saturated carbocycles. The van der Waals surface area contributed by atoms with Gasteiger partial charge in [0.1, 0.15) is 5.78 Å². The van der Waals surface area contributed by atoms with Gasteiger partial charge in [-0.25, -0.2) is 0 Å². The second kappa shape index (κ2) is 5.69. The van der Waals surface area contributed by atoms with Gasteiger partial charge in [0.2, 0.25) is 0 Å². The van der Waals surface area contributed by atoms with Crippen LogP contribution < -0.4 is 5.32 Å². The Labute approximate surface area is 91.6 Å². The average Bonchev–Trinajstić information content (AvgIpc) is 2.56. The number of rotatable bonds is 1. The highest BCUT2D eigenvalue weighted by atomic mass is 35.5. The van der Waals surface area contributed by atoms with Crippen molar-refractivity contribution in [2.24, 2.45) is 0 Å². The molecule has 14 heavy (non-hydrogen) atoms. The zero-order valence-corrected chi connectivity index (χ0v) is 9.31. The summed E-state index contributed by atoms with van der Waals surface area (Å²) < 4.78 is 0. The SMILES string of the molecule is Cl.O=C1CCCN(C2CCNC2)CC1. The first-order chi connectivity index (χ1) is 6.36. The van der Waals surface area contributed by atoms with Crippen LogP contribution in [0.2, 0.25) is 0 Å². The fourth-order valence-electron chi connectivity index (χ4n) is 2.30. The molecule has 82 valence electrons. The third-order valence-corrected chi connectivity index (χ3v) is 3.13. The van der Waals surface area contributed by atoms with Gasteiger partial charge in [0.05, 0.1) is 0 Å². The highest BCUT2D eigenvalue weighted by Gasteiger charge is 2.24. The molecule has 1 atom stereocenters. The van der Waals surface area contributed by atoms with Crippen molar-refractivity contribution >= 4 is 18.2 Å². The van der Waals surface area contributed by atoms with Crippen LogP contribution in [0.4, 0.5) is 0 Å². The van der Waals surface area contributed by atoms with Gasteiger partial charge in [-0.3, -0.25) is 9.69 Å². The number of carbonyl (C=O) groups excluding carboxylic acids is 1. The molecule has 0 radical (unpaired) electrons. The molecular formula is C10H19ClN2O. The average molecular weight is 219 g/mol. The quantitative estimate of drug-likeness (QED) is 0.708. The lowest BCUT2D eigenvalue weighted by atomic mass is 10.2. The molecule has 0 bridgehead atoms. The lowest BCUT2D eigenvalue weighted by Gasteiger charge is -2.25. The Hall–Kier alpha value is -0.120. The van der Waals surface area contributed by atoms with E-state index in [0.29, 0.717) is 11.8 Å². The molecule has 0 aromatic heterocycles. The van der Waals surface area contributed by atoms with Crippen molar-refractivity contribution in [2.45, 2.75) is 31.7 Å². The Morgan fingerprint density at radius 3 is 2.86 bits per heavy atom. The summed E-state index contributed by atoms with van der Waals surface area (Å²) in [4.78, 5) is 13.7. The Kier molecular flexibility index (Phi) is 4.85. The molecule has 1 unspecified atom stereocenters. The number of nitrogens with zero attached hydrogens (tertiary/aromatic N) is 1. The fourth-order valence-corrected chi connectivity index (χ4v) is 2.30. The largest absolute Gasteiger partial charge is 0.315 e. The number of likely N-dealkylation sites (tertiary alicyclic amines) is 1. The number of hydrogen-bond acceptors (Lipinski definition) is 3. The van der Waals surface area contributed by atoms with Gasteiger partial charge in [0.25, 0.3) is 0 Å². The topological polar surface area (TPSA) is 32.3 Å². The van der Waals surface area contributed by atoms with Gasteiger partial charge in [-0.2, -0.15) is 0 Å². The molecular weight excluding hydrogens is 200 g/mol. The molecule has 0 amide bonds. The molecule has 0 aromatic rings. The fraction of sp³-hybridized carbons (Fsp3) is 0.900. The highest BCUT2D eigenvalue weighted by Crippen LogP contribution is 2.14. The summed E-state index contributed by atoms with van der Waals surface area (Å²) in [5.41, 5.74) is 0. The van der Waals surface area contributed by atoms with E-state index in [2.05, 4.69) is 10.2 Å². The van der Waals surface area contributed by atoms with E-state index in [-0.39, 0.29) is 12.4 Å². The lowest BCUT2D eigenvalue weighted by molar-refractivity contribution is -0.118. The van der Waals surface area contributed by atoms with Crippen LogP contribution in [0.3, 0.4) is 0 Å². The Morgan fingerprint density at radius 2 is 2.14 bits per heavy atom. The maximum atomic E-state index is 11.2. The normalized spacial score (nSPS) is 29.7. The van der Waals surface area contributed by atoms with Crippen molar-refractivity contribution in [1.29, 1.82) is 0 Å². The van der Waals surface area contributed by atoms with E-state index in [1.807, 2.05) is 0 Å². The third kappa shape index (κ3) is 2.94. The van der Waals surface area contributed by atoms with Gasteiger partial charge in [0, 0.05) is 32.0 Å². The second-order valence-corrected chi connectivity index (χ2v) is 4.07. The first-order valence-corrected chi connectivity index (χ1v) is 5.33. The van der Waals surface area contributed by atoms with E-state index in [4.69, 9.17) is 0 Å². The zero-order valence-electron chi connectivity index (χ0n) is 8.50. The number of nitrogens with one attached hydrogen (secondary N) is 1. The third-order valence-electron chi connectivity index (χ3n) is 3.13. The summed E-state index contributed by atoms with van der Waals surface area (Å²) in [6.07, 6.45) is 3.90. The molecule has 0 aromatic carbocycles. The summed E-state index contributed by atoms with van der Waals surface area (Å²) in [5, 5.41) is 3.37. The predicted octanol–water partition coefficient (Wildman–Crippen LogP) is 0.825. The molecule has 1 N–H and O–H groups in total. The Balaban J connectivity index is 0.000000980. The van der Waals surface area contributed by atoms with E-state index >= 15 is 0 Å². The van der Waals surface area contributed by atoms with Gasteiger partial charge in [-0.05, 0) is 25.9 Å². The molecule has 0 spiro atoms. The minimum atomic E-state index is 0. The molecule has 4 heteroatoms. The minimum absolute atomic E-state index is 0. The number of halogens is 1. The molecule has 3 nitrogen and oxygen atoms in total. The maximum absolute atomic E-state index is 11.2. The predicted molar refractivity (Wildman–Crippen MR) is 59.0 cm³/mol. The van der Waals surface area contributed by atoms with Gasteiger partial charge < -0.3 is 5.32 Å². The summed E-state index contributed by atoms with van der Waals surface area (Å²) in [5.74, 6) is 0.452. The van der Waals surface area contributed by atoms with Gasteiger partial charge in [-0.15, -0.1) is 12.4 Å². The summed E-state index contributed by atoms with van der Waals surface area (Å²) >= 11 is 0. The summed E-state index contributed by atoms with van der Waals surface area (Å²) in [6.45, 7) is 4.38. The first kappa shape index (κ1) is 12.0. The Bertz CT molecular complexity index is 193. The van der Waals surface area contributed by atoms with Crippen LogP contribution in [0.15, 0.2) is 0 Å². The molecule has 2 saturated heterocycles. The number of carbonyl (C=O) groups is 1. The van der Waals surface area contributed by atoms with Crippen LogP contribution in [-0.4, -0.2) is 42.9 Å². The first-order valence-electron chi connectivity index (χ1n) is 5.33. The lowest BCUT2D eigenvalue weighted by Crippen LogP contribution is -2.37. The van der Waals surface area contributed by atoms with Crippen molar-refractivity contribution in [3.8, 4) is 0 Å². The van der Waals surface area contributed by atoms with Crippen molar-refractivity contribution in [2.75, 3.05) is 26.2 Å². The maximum Gasteiger partial charge on any atom is 0.134 e. The van der Waals surface area contributed by atoms with Gasteiger partial charge in [0.15, 0.2) is 0 Å². The van der Waals surface area contributed by atoms with Crippen LogP contribution in [0.5, 0.6) is 0 Å². The van der Waals surface area contributed by atoms with Crippen LogP contribution in [0.1, 0.15) is 25.7 Å². The Morgan fingerprint density at radius 1 is 1.29 bits per heavy atom. The van der Waals surface area contributed by atoms with E-state index in [1.54, 1.807) is 0 Å². The van der Waals surface area contributed by atoms with Crippen molar-refractivity contribution in [3.63, 3.8) is 0 Å². The van der Waals surface area contributed by atoms with Gasteiger partial charge in [-0.1, -0.05) is 0 Å². The van der Waals surface area contributed by atoms with Crippen LogP contribution in [-0.2, 0) is 4.79 Å². The zero-order chi connectivity index (χ0) is 9.10. The summed E-state index contributed by atoms with van der Waals surface area (Å²) in [6, 6.07) is 0.700. The van der Waals surface area contributed by atoms with E-state index in [9.17, 15) is 4.79 Å². The molecule has 2 rings (SSSR count). The number of Topliss-reactive ketones (excluding diaryl/α,β-unsaturated/α-hetero) is 1. The van der Waals surface area contributed by atoms with E-state index in [0.717, 1.165) is 45.4 Å². The molecule has 2 aliphatic heterocycles. The monoisotopic (exact) mass is 218 g/mol. The van der Waals surface area contributed by atoms with E-state index in [1.165, 1.54) is 6.42 Å². The van der Waals surface area contributed by atoms with Crippen molar-refractivity contribution < 1.29 is 4.79 Å². The smallest absolute Gasteiger partial charge is 0.134 e. The van der Waals surface area contributed by atoms with Crippen LogP contribution >= 0.6 is 12.4 Å². The second-order valence-electron chi connectivity index (χ2n) is 4.07. The van der Waals surface area contributed by atoms with Crippen LogP contribution in [0.25, 0.3) is 0 Å². The number of ketones is 1.